The van der Waals surface area contributed by atoms with E-state index in [1.165, 1.54) is 44.9 Å². The molecule has 0 radical (unpaired) electrons. The van der Waals surface area contributed by atoms with Gasteiger partial charge in [0.15, 0.2) is 5.43 Å². The van der Waals surface area contributed by atoms with Crippen LogP contribution >= 0.6 is 0 Å². The zero-order valence-corrected chi connectivity index (χ0v) is 17.3. The highest BCUT2D eigenvalue weighted by Gasteiger charge is 2.31. The summed E-state index contributed by atoms with van der Waals surface area (Å²) in [5, 5.41) is 0.634. The monoisotopic (exact) mass is 390 g/mol. The van der Waals surface area contributed by atoms with Gasteiger partial charge in [0.05, 0.1) is 16.5 Å². The van der Waals surface area contributed by atoms with E-state index in [2.05, 4.69) is 6.92 Å². The summed E-state index contributed by atoms with van der Waals surface area (Å²) in [5.74, 6) is 1.49. The molecular weight excluding hydrogens is 360 g/mol. The molecular formula is C26H30O3. The second-order valence-electron chi connectivity index (χ2n) is 8.04. The van der Waals surface area contributed by atoms with Crippen LogP contribution in [0, 0.1) is 0 Å². The van der Waals surface area contributed by atoms with Gasteiger partial charge in [-0.15, -0.1) is 0 Å². The van der Waals surface area contributed by atoms with Crippen molar-refractivity contribution in [2.24, 2.45) is 0 Å². The second kappa shape index (κ2) is 9.30. The molecule has 1 aromatic heterocycles. The molecule has 0 N–H and O–H groups in total. The van der Waals surface area contributed by atoms with Crippen LogP contribution in [0.2, 0.25) is 0 Å². The summed E-state index contributed by atoms with van der Waals surface area (Å²) in [6.45, 7) is 2.25. The summed E-state index contributed by atoms with van der Waals surface area (Å²) >= 11 is 0. The molecule has 0 bridgehead atoms. The molecule has 2 heterocycles. The second-order valence-corrected chi connectivity index (χ2v) is 8.04. The van der Waals surface area contributed by atoms with E-state index < -0.39 is 0 Å². The Hall–Kier alpha value is -2.55. The molecule has 1 aliphatic heterocycles. The number of unbranched alkanes of at least 4 members (excludes halogenated alkanes) is 7. The number of para-hydroxylation sites is 2. The first-order valence-electron chi connectivity index (χ1n) is 11.1. The summed E-state index contributed by atoms with van der Waals surface area (Å²) in [5.41, 5.74) is 2.24. The molecule has 4 rings (SSSR count). The minimum Gasteiger partial charge on any atom is -0.485 e. The highest BCUT2D eigenvalue weighted by atomic mass is 16.5. The van der Waals surface area contributed by atoms with Crippen LogP contribution in [0.1, 0.15) is 76.4 Å². The maximum absolute atomic E-state index is 13.3. The van der Waals surface area contributed by atoms with E-state index in [-0.39, 0.29) is 11.5 Å². The molecule has 0 fully saturated rings. The van der Waals surface area contributed by atoms with Crippen molar-refractivity contribution in [3.05, 3.63) is 64.3 Å². The Labute approximate surface area is 172 Å². The smallest absolute Gasteiger partial charge is 0.200 e. The van der Waals surface area contributed by atoms with Crippen molar-refractivity contribution in [2.45, 2.75) is 70.8 Å². The number of rotatable bonds is 9. The number of hydrogen-bond acceptors (Lipinski definition) is 3. The maximum Gasteiger partial charge on any atom is 0.200 e. The van der Waals surface area contributed by atoms with Gasteiger partial charge in [0.2, 0.25) is 0 Å². The van der Waals surface area contributed by atoms with Crippen molar-refractivity contribution >= 4 is 11.0 Å². The average molecular weight is 391 g/mol. The van der Waals surface area contributed by atoms with Gasteiger partial charge in [-0.1, -0.05) is 76.1 Å². The van der Waals surface area contributed by atoms with Crippen molar-refractivity contribution < 1.29 is 9.15 Å². The molecule has 1 aliphatic rings. The van der Waals surface area contributed by atoms with Crippen LogP contribution in [0.15, 0.2) is 57.7 Å². The van der Waals surface area contributed by atoms with Crippen LogP contribution in [0.25, 0.3) is 22.3 Å². The summed E-state index contributed by atoms with van der Waals surface area (Å²) in [6.07, 6.45) is 10.7. The highest BCUT2D eigenvalue weighted by Crippen LogP contribution is 2.43. The third-order valence-electron chi connectivity index (χ3n) is 5.88. The third kappa shape index (κ3) is 4.24. The first-order chi connectivity index (χ1) is 14.3. The van der Waals surface area contributed by atoms with Crippen LogP contribution in [0.3, 0.4) is 0 Å². The van der Waals surface area contributed by atoms with E-state index in [0.717, 1.165) is 24.2 Å². The lowest BCUT2D eigenvalue weighted by Crippen LogP contribution is -2.23. The molecule has 0 saturated heterocycles. The normalized spacial score (nSPS) is 15.0. The van der Waals surface area contributed by atoms with E-state index in [0.29, 0.717) is 22.3 Å². The number of ether oxygens (including phenoxy) is 1. The molecule has 0 aliphatic carbocycles. The number of hydrogen-bond donors (Lipinski definition) is 0. The van der Waals surface area contributed by atoms with E-state index in [4.69, 9.17) is 9.15 Å². The number of fused-ring (bicyclic) bond motifs is 4. The Morgan fingerprint density at radius 3 is 2.34 bits per heavy atom. The minimum absolute atomic E-state index is 0.0425. The molecule has 1 atom stereocenters. The Morgan fingerprint density at radius 2 is 1.52 bits per heavy atom. The van der Waals surface area contributed by atoms with Crippen molar-refractivity contribution in [3.8, 4) is 17.1 Å². The first-order valence-corrected chi connectivity index (χ1v) is 11.1. The summed E-state index contributed by atoms with van der Waals surface area (Å²) in [4.78, 5) is 13.3. The van der Waals surface area contributed by atoms with Crippen molar-refractivity contribution in [3.63, 3.8) is 0 Å². The van der Waals surface area contributed by atoms with Gasteiger partial charge in [-0.05, 0) is 37.1 Å². The summed E-state index contributed by atoms with van der Waals surface area (Å²) < 4.78 is 12.5. The Morgan fingerprint density at radius 1 is 0.828 bits per heavy atom. The topological polar surface area (TPSA) is 39.4 Å². The molecule has 0 unspecified atom stereocenters. The number of benzene rings is 2. The van der Waals surface area contributed by atoms with Crippen LogP contribution in [0.5, 0.6) is 5.75 Å². The SMILES string of the molecule is CCCCCCCCCC[C@@H]1Oc2ccccc2-c2oc3ccccc3c(=O)c21. The van der Waals surface area contributed by atoms with Crippen LogP contribution in [0.4, 0.5) is 0 Å². The predicted molar refractivity (Wildman–Crippen MR) is 119 cm³/mol. The van der Waals surface area contributed by atoms with E-state index in [1.807, 2.05) is 48.5 Å². The van der Waals surface area contributed by atoms with Gasteiger partial charge in [-0.25, -0.2) is 0 Å². The largest absolute Gasteiger partial charge is 0.485 e. The quantitative estimate of drug-likeness (QED) is 0.357. The standard InChI is InChI=1S/C26H30O3/c1-2-3-4-5-6-7-8-9-18-23-24-25(27)19-14-10-12-16-21(19)29-26(24)20-15-11-13-17-22(20)28-23/h10-17,23H,2-9,18H2,1H3/t23-/m0/s1. The van der Waals surface area contributed by atoms with E-state index >= 15 is 0 Å². The molecule has 0 saturated carbocycles. The fourth-order valence-electron chi connectivity index (χ4n) is 4.28. The average Bonchev–Trinajstić information content (AvgIpc) is 2.75. The highest BCUT2D eigenvalue weighted by molar-refractivity contribution is 5.82. The molecule has 0 amide bonds. The van der Waals surface area contributed by atoms with Crippen LogP contribution in [-0.4, -0.2) is 0 Å². The van der Waals surface area contributed by atoms with Crippen LogP contribution < -0.4 is 10.2 Å². The van der Waals surface area contributed by atoms with Gasteiger partial charge in [0, 0.05) is 0 Å². The minimum atomic E-state index is -0.235. The Bertz CT molecular complexity index is 1020. The molecule has 3 nitrogen and oxygen atoms in total. The molecule has 3 aromatic rings. The van der Waals surface area contributed by atoms with Gasteiger partial charge in [0.1, 0.15) is 23.2 Å². The van der Waals surface area contributed by atoms with Gasteiger partial charge >= 0.3 is 0 Å². The third-order valence-corrected chi connectivity index (χ3v) is 5.88. The maximum atomic E-state index is 13.3. The van der Waals surface area contributed by atoms with Gasteiger partial charge in [0.25, 0.3) is 0 Å². The molecule has 2 aromatic carbocycles. The van der Waals surface area contributed by atoms with Crippen molar-refractivity contribution in [2.75, 3.05) is 0 Å². The molecule has 3 heteroatoms. The zero-order valence-electron chi connectivity index (χ0n) is 17.3. The fourth-order valence-corrected chi connectivity index (χ4v) is 4.28. The molecule has 152 valence electrons. The molecule has 0 spiro atoms. The Balaban J connectivity index is 1.53. The van der Waals surface area contributed by atoms with E-state index in [9.17, 15) is 4.79 Å². The fraction of sp³-hybridized carbons (Fsp3) is 0.423. The zero-order chi connectivity index (χ0) is 20.1. The van der Waals surface area contributed by atoms with Crippen LogP contribution in [-0.2, 0) is 0 Å². The van der Waals surface area contributed by atoms with Gasteiger partial charge in [-0.2, -0.15) is 0 Å². The summed E-state index contributed by atoms with van der Waals surface area (Å²) in [6, 6.07) is 15.4. The van der Waals surface area contributed by atoms with E-state index in [1.54, 1.807) is 0 Å². The van der Waals surface area contributed by atoms with Crippen molar-refractivity contribution in [1.82, 2.24) is 0 Å². The van der Waals surface area contributed by atoms with Gasteiger partial charge < -0.3 is 9.15 Å². The lowest BCUT2D eigenvalue weighted by molar-refractivity contribution is 0.182. The summed E-state index contributed by atoms with van der Waals surface area (Å²) in [7, 11) is 0. The lowest BCUT2D eigenvalue weighted by Gasteiger charge is -2.27. The predicted octanol–water partition coefficient (Wildman–Crippen LogP) is 7.42. The first kappa shape index (κ1) is 19.8. The van der Waals surface area contributed by atoms with Gasteiger partial charge in [-0.3, -0.25) is 4.79 Å². The molecule has 29 heavy (non-hydrogen) atoms. The Kier molecular flexibility index (Phi) is 6.33. The lowest BCUT2D eigenvalue weighted by atomic mass is 9.93. The van der Waals surface area contributed by atoms with Crippen molar-refractivity contribution in [1.29, 1.82) is 0 Å².